The third-order valence-electron chi connectivity index (χ3n) is 3.02. The van der Waals surface area contributed by atoms with E-state index in [1.165, 1.54) is 7.11 Å². The molecule has 0 rings (SSSR count). The van der Waals surface area contributed by atoms with Gasteiger partial charge in [0.15, 0.2) is 5.78 Å². The molecule has 0 aliphatic heterocycles. The molecule has 1 N–H and O–H groups in total. The Bertz CT molecular complexity index is 284. The SMILES string of the molecule is COC(=O)C[C@](O)(CCCC(C)C)C(=O)C(C)C. The molecule has 0 aliphatic rings. The van der Waals surface area contributed by atoms with Gasteiger partial charge in [0.1, 0.15) is 5.60 Å². The number of carbonyl (C=O) groups is 2. The maximum Gasteiger partial charge on any atom is 0.308 e. The minimum atomic E-state index is -1.57. The monoisotopic (exact) mass is 258 g/mol. The highest BCUT2D eigenvalue weighted by molar-refractivity contribution is 5.92. The van der Waals surface area contributed by atoms with E-state index < -0.39 is 11.6 Å². The van der Waals surface area contributed by atoms with Crippen LogP contribution < -0.4 is 0 Å². The van der Waals surface area contributed by atoms with Crippen LogP contribution in [0.4, 0.5) is 0 Å². The Morgan fingerprint density at radius 1 is 1.22 bits per heavy atom. The fourth-order valence-corrected chi connectivity index (χ4v) is 1.95. The molecule has 1 atom stereocenters. The number of ketones is 1. The van der Waals surface area contributed by atoms with E-state index in [1.807, 2.05) is 0 Å². The number of Topliss-reactive ketones (excluding diaryl/α,β-unsaturated/α-hetero) is 1. The van der Waals surface area contributed by atoms with E-state index in [9.17, 15) is 14.7 Å². The van der Waals surface area contributed by atoms with Crippen molar-refractivity contribution in [2.45, 2.75) is 59.0 Å². The van der Waals surface area contributed by atoms with Gasteiger partial charge in [0.05, 0.1) is 13.5 Å². The molecule has 0 bridgehead atoms. The van der Waals surface area contributed by atoms with Crippen LogP contribution >= 0.6 is 0 Å². The fraction of sp³-hybridized carbons (Fsp3) is 0.857. The van der Waals surface area contributed by atoms with E-state index in [1.54, 1.807) is 13.8 Å². The van der Waals surface area contributed by atoms with Gasteiger partial charge >= 0.3 is 5.97 Å². The zero-order valence-electron chi connectivity index (χ0n) is 12.2. The Balaban J connectivity index is 4.69. The van der Waals surface area contributed by atoms with Crippen molar-refractivity contribution < 1.29 is 19.4 Å². The van der Waals surface area contributed by atoms with Crippen LogP contribution in [0.25, 0.3) is 0 Å². The third-order valence-corrected chi connectivity index (χ3v) is 3.02. The van der Waals surface area contributed by atoms with Crippen LogP contribution in [0.1, 0.15) is 53.4 Å². The lowest BCUT2D eigenvalue weighted by Crippen LogP contribution is -2.43. The van der Waals surface area contributed by atoms with Crippen LogP contribution in [0.5, 0.6) is 0 Å². The van der Waals surface area contributed by atoms with E-state index in [0.29, 0.717) is 12.3 Å². The second-order valence-electron chi connectivity index (χ2n) is 5.59. The zero-order chi connectivity index (χ0) is 14.3. The van der Waals surface area contributed by atoms with Crippen molar-refractivity contribution >= 4 is 11.8 Å². The summed E-state index contributed by atoms with van der Waals surface area (Å²) in [7, 11) is 1.26. The van der Waals surface area contributed by atoms with Gasteiger partial charge in [0.2, 0.25) is 0 Å². The molecule has 4 heteroatoms. The number of esters is 1. The van der Waals surface area contributed by atoms with Crippen molar-refractivity contribution in [1.29, 1.82) is 0 Å². The van der Waals surface area contributed by atoms with Crippen molar-refractivity contribution in [3.63, 3.8) is 0 Å². The van der Waals surface area contributed by atoms with Gasteiger partial charge in [-0.2, -0.15) is 0 Å². The summed E-state index contributed by atoms with van der Waals surface area (Å²) in [6.07, 6.45) is 1.72. The van der Waals surface area contributed by atoms with Crippen molar-refractivity contribution in [2.75, 3.05) is 7.11 Å². The third kappa shape index (κ3) is 5.63. The van der Waals surface area contributed by atoms with Gasteiger partial charge in [-0.25, -0.2) is 0 Å². The highest BCUT2D eigenvalue weighted by atomic mass is 16.5. The van der Waals surface area contributed by atoms with Gasteiger partial charge in [-0.3, -0.25) is 9.59 Å². The van der Waals surface area contributed by atoms with Gasteiger partial charge in [0.25, 0.3) is 0 Å². The fourth-order valence-electron chi connectivity index (χ4n) is 1.95. The number of hydrogen-bond acceptors (Lipinski definition) is 4. The molecule has 0 spiro atoms. The number of carbonyl (C=O) groups excluding carboxylic acids is 2. The van der Waals surface area contributed by atoms with Crippen molar-refractivity contribution in [3.05, 3.63) is 0 Å². The number of ether oxygens (including phenoxy) is 1. The van der Waals surface area contributed by atoms with Crippen LogP contribution in [0.15, 0.2) is 0 Å². The van der Waals surface area contributed by atoms with Crippen LogP contribution in [0.3, 0.4) is 0 Å². The molecule has 0 saturated heterocycles. The first kappa shape index (κ1) is 17.1. The van der Waals surface area contributed by atoms with Crippen LogP contribution in [0, 0.1) is 11.8 Å². The molecule has 4 nitrogen and oxygen atoms in total. The first-order valence-corrected chi connectivity index (χ1v) is 6.56. The predicted molar refractivity (Wildman–Crippen MR) is 70.1 cm³/mol. The standard InChI is InChI=1S/C14H26O4/c1-10(2)7-6-8-14(17,9-12(15)18-5)13(16)11(3)4/h10-11,17H,6-9H2,1-5H3/t14-/m1/s1. The molecular formula is C14H26O4. The van der Waals surface area contributed by atoms with Crippen LogP contribution in [-0.4, -0.2) is 29.6 Å². The second-order valence-corrected chi connectivity index (χ2v) is 5.59. The number of hydrogen-bond donors (Lipinski definition) is 1. The summed E-state index contributed by atoms with van der Waals surface area (Å²) in [5, 5.41) is 10.4. The lowest BCUT2D eigenvalue weighted by Gasteiger charge is -2.27. The highest BCUT2D eigenvalue weighted by Gasteiger charge is 2.39. The summed E-state index contributed by atoms with van der Waals surface area (Å²) in [4.78, 5) is 23.4. The summed E-state index contributed by atoms with van der Waals surface area (Å²) in [6.45, 7) is 7.63. The Kier molecular flexibility index (Phi) is 7.14. The van der Waals surface area contributed by atoms with Gasteiger partial charge < -0.3 is 9.84 Å². The smallest absolute Gasteiger partial charge is 0.308 e. The molecule has 106 valence electrons. The Morgan fingerprint density at radius 3 is 2.17 bits per heavy atom. The molecule has 18 heavy (non-hydrogen) atoms. The predicted octanol–water partition coefficient (Wildman–Crippen LogP) is 2.33. The number of rotatable bonds is 8. The summed E-state index contributed by atoms with van der Waals surface area (Å²) >= 11 is 0. The summed E-state index contributed by atoms with van der Waals surface area (Å²) in [5.41, 5.74) is -1.57. The maximum atomic E-state index is 12.0. The van der Waals surface area contributed by atoms with Crippen LogP contribution in [0.2, 0.25) is 0 Å². The van der Waals surface area contributed by atoms with Gasteiger partial charge in [-0.1, -0.05) is 34.1 Å². The highest BCUT2D eigenvalue weighted by Crippen LogP contribution is 2.25. The van der Waals surface area contributed by atoms with Gasteiger partial charge in [-0.15, -0.1) is 0 Å². The Morgan fingerprint density at radius 2 is 1.78 bits per heavy atom. The van der Waals surface area contributed by atoms with E-state index in [0.717, 1.165) is 12.8 Å². The van der Waals surface area contributed by atoms with Crippen molar-refractivity contribution in [3.8, 4) is 0 Å². The molecule has 0 unspecified atom stereocenters. The molecule has 0 amide bonds. The molecule has 0 fully saturated rings. The topological polar surface area (TPSA) is 63.6 Å². The molecule has 0 aliphatic carbocycles. The van der Waals surface area contributed by atoms with E-state index >= 15 is 0 Å². The average Bonchev–Trinajstić information content (AvgIpc) is 2.27. The lowest BCUT2D eigenvalue weighted by atomic mass is 9.83. The molecule has 0 aromatic carbocycles. The molecule has 0 radical (unpaired) electrons. The molecule has 0 aromatic rings. The lowest BCUT2D eigenvalue weighted by molar-refractivity contribution is -0.155. The average molecular weight is 258 g/mol. The number of aliphatic hydroxyl groups is 1. The maximum absolute atomic E-state index is 12.0. The van der Waals surface area contributed by atoms with Crippen LogP contribution in [-0.2, 0) is 14.3 Å². The zero-order valence-corrected chi connectivity index (χ0v) is 12.2. The summed E-state index contributed by atoms with van der Waals surface area (Å²) in [5.74, 6) is -0.604. The first-order valence-electron chi connectivity index (χ1n) is 6.56. The minimum Gasteiger partial charge on any atom is -0.469 e. The first-order chi connectivity index (χ1) is 8.23. The molecule has 0 saturated carbocycles. The summed E-state index contributed by atoms with van der Waals surface area (Å²) < 4.78 is 4.55. The van der Waals surface area contributed by atoms with Crippen molar-refractivity contribution in [1.82, 2.24) is 0 Å². The van der Waals surface area contributed by atoms with Crippen molar-refractivity contribution in [2.24, 2.45) is 11.8 Å². The Hall–Kier alpha value is -0.900. The largest absolute Gasteiger partial charge is 0.469 e. The molecule has 0 aromatic heterocycles. The second kappa shape index (κ2) is 7.52. The number of methoxy groups -OCH3 is 1. The van der Waals surface area contributed by atoms with Gasteiger partial charge in [0, 0.05) is 5.92 Å². The Labute approximate surface area is 110 Å². The minimum absolute atomic E-state index is 0.251. The molecular weight excluding hydrogens is 232 g/mol. The summed E-state index contributed by atoms with van der Waals surface area (Å²) in [6, 6.07) is 0. The van der Waals surface area contributed by atoms with E-state index in [4.69, 9.17) is 0 Å². The van der Waals surface area contributed by atoms with Gasteiger partial charge in [-0.05, 0) is 18.8 Å². The van der Waals surface area contributed by atoms with E-state index in [-0.39, 0.29) is 18.1 Å². The van der Waals surface area contributed by atoms with E-state index in [2.05, 4.69) is 18.6 Å². The molecule has 0 heterocycles. The normalized spacial score (nSPS) is 14.7. The quantitative estimate of drug-likeness (QED) is 0.679.